The summed E-state index contributed by atoms with van der Waals surface area (Å²) < 4.78 is 13.2. The zero-order chi connectivity index (χ0) is 21.3. The normalized spacial score (nSPS) is 16.3. The maximum Gasteiger partial charge on any atom is 0.260 e. The number of H-pyrrole nitrogens is 1. The molecule has 0 aliphatic carbocycles. The highest BCUT2D eigenvalue weighted by Gasteiger charge is 2.23. The van der Waals surface area contributed by atoms with Crippen molar-refractivity contribution in [2.45, 2.75) is 40.2 Å². The molecule has 0 amide bonds. The lowest BCUT2D eigenvalue weighted by molar-refractivity contribution is -0.915. The lowest BCUT2D eigenvalue weighted by atomic mass is 9.98. The number of quaternary nitrogens is 1. The number of piperazine rings is 1. The largest absolute Gasteiger partial charge is 0.360 e. The fraction of sp³-hybridized carbons (Fsp3) is 0.478. The first-order valence-corrected chi connectivity index (χ1v) is 11.6. The Bertz CT molecular complexity index is 1070. The van der Waals surface area contributed by atoms with Crippen molar-refractivity contribution in [3.63, 3.8) is 0 Å². The van der Waals surface area contributed by atoms with E-state index >= 15 is 0 Å². The van der Waals surface area contributed by atoms with Crippen LogP contribution in [0.4, 0.5) is 10.1 Å². The van der Waals surface area contributed by atoms with E-state index < -0.39 is 0 Å². The first-order chi connectivity index (χ1) is 14.4. The van der Waals surface area contributed by atoms with Crippen molar-refractivity contribution >= 4 is 27.2 Å². The van der Waals surface area contributed by atoms with E-state index in [-0.39, 0.29) is 11.4 Å². The number of nitrogens with one attached hydrogen (secondary N) is 2. The number of nitrogens with zero attached hydrogens (tertiary/aromatic N) is 2. The van der Waals surface area contributed by atoms with Crippen LogP contribution in [0.15, 0.2) is 29.1 Å². The topological polar surface area (TPSA) is 53.4 Å². The average Bonchev–Trinajstić information content (AvgIpc) is 3.04. The predicted octanol–water partition coefficient (Wildman–Crippen LogP) is 2.93. The molecule has 0 saturated carbocycles. The van der Waals surface area contributed by atoms with E-state index in [0.29, 0.717) is 5.92 Å². The standard InChI is InChI=1S/C23H29FN4OS/c1-4-15(2)13-19-16(3)30-23-21(19)22(29)25-20(26-23)14-27-9-11-28(12-10-27)18-7-5-17(24)6-8-18/h5-8,15H,4,9-14H2,1-3H3,(H,25,26,29)/p+1/t15-/m0/s1. The monoisotopic (exact) mass is 429 g/mol. The van der Waals surface area contributed by atoms with Crippen LogP contribution in [0.5, 0.6) is 0 Å². The second-order valence-corrected chi connectivity index (χ2v) is 9.64. The van der Waals surface area contributed by atoms with Crippen LogP contribution < -0.4 is 15.4 Å². The van der Waals surface area contributed by atoms with Gasteiger partial charge in [0.15, 0.2) is 5.82 Å². The number of aryl methyl sites for hydroxylation is 1. The van der Waals surface area contributed by atoms with Crippen molar-refractivity contribution < 1.29 is 9.29 Å². The van der Waals surface area contributed by atoms with Gasteiger partial charge in [0.25, 0.3) is 5.56 Å². The molecule has 1 saturated heterocycles. The molecular formula is C23H30FN4OS+. The van der Waals surface area contributed by atoms with E-state index in [1.54, 1.807) is 11.3 Å². The van der Waals surface area contributed by atoms with E-state index in [1.165, 1.54) is 27.5 Å². The SMILES string of the molecule is CC[C@H](C)Cc1c(C)sc2nc(C[NH+]3CCN(c4ccc(F)cc4)CC3)[nH]c(=O)c12. The summed E-state index contributed by atoms with van der Waals surface area (Å²) in [6.45, 7) is 11.0. The summed E-state index contributed by atoms with van der Waals surface area (Å²) >= 11 is 1.64. The molecule has 1 aromatic carbocycles. The molecule has 160 valence electrons. The second kappa shape index (κ2) is 8.86. The zero-order valence-corrected chi connectivity index (χ0v) is 18.7. The van der Waals surface area contributed by atoms with Gasteiger partial charge in [0.1, 0.15) is 17.2 Å². The Balaban J connectivity index is 1.46. The molecule has 4 rings (SSSR count). The first-order valence-electron chi connectivity index (χ1n) is 10.8. The molecule has 0 unspecified atom stereocenters. The van der Waals surface area contributed by atoms with Crippen LogP contribution in [0, 0.1) is 18.7 Å². The Labute approximate surface area is 180 Å². The van der Waals surface area contributed by atoms with Crippen LogP contribution in [0.1, 0.15) is 36.5 Å². The molecule has 1 atom stereocenters. The summed E-state index contributed by atoms with van der Waals surface area (Å²) in [6.07, 6.45) is 2.04. The minimum atomic E-state index is -0.204. The average molecular weight is 430 g/mol. The molecule has 30 heavy (non-hydrogen) atoms. The maximum absolute atomic E-state index is 13.2. The van der Waals surface area contributed by atoms with E-state index in [9.17, 15) is 9.18 Å². The maximum atomic E-state index is 13.2. The van der Waals surface area contributed by atoms with Crippen LogP contribution >= 0.6 is 11.3 Å². The number of halogens is 1. The Hall–Kier alpha value is -2.25. The molecule has 0 bridgehead atoms. The van der Waals surface area contributed by atoms with Gasteiger partial charge in [-0.1, -0.05) is 20.3 Å². The van der Waals surface area contributed by atoms with Gasteiger partial charge in [-0.05, 0) is 49.1 Å². The van der Waals surface area contributed by atoms with Gasteiger partial charge in [-0.25, -0.2) is 9.37 Å². The third-order valence-corrected chi connectivity index (χ3v) is 7.28. The van der Waals surface area contributed by atoms with Crippen molar-refractivity contribution in [1.82, 2.24) is 9.97 Å². The summed E-state index contributed by atoms with van der Waals surface area (Å²) in [4.78, 5) is 26.5. The van der Waals surface area contributed by atoms with Gasteiger partial charge in [-0.3, -0.25) is 4.79 Å². The molecule has 3 heterocycles. The fourth-order valence-electron chi connectivity index (χ4n) is 4.19. The van der Waals surface area contributed by atoms with E-state index in [1.807, 2.05) is 12.1 Å². The molecule has 0 spiro atoms. The molecular weight excluding hydrogens is 399 g/mol. The van der Waals surface area contributed by atoms with Gasteiger partial charge in [0, 0.05) is 10.6 Å². The lowest BCUT2D eigenvalue weighted by Gasteiger charge is -2.33. The van der Waals surface area contributed by atoms with Crippen LogP contribution in [-0.4, -0.2) is 36.1 Å². The fourth-order valence-corrected chi connectivity index (χ4v) is 5.26. The lowest BCUT2D eigenvalue weighted by Crippen LogP contribution is -3.13. The van der Waals surface area contributed by atoms with Crippen molar-refractivity contribution in [3.05, 3.63) is 56.7 Å². The smallest absolute Gasteiger partial charge is 0.260 e. The van der Waals surface area contributed by atoms with Crippen LogP contribution in [0.2, 0.25) is 0 Å². The van der Waals surface area contributed by atoms with Crippen LogP contribution in [0.3, 0.4) is 0 Å². The minimum Gasteiger partial charge on any atom is -0.360 e. The van der Waals surface area contributed by atoms with Gasteiger partial charge in [0.05, 0.1) is 31.6 Å². The number of rotatable bonds is 6. The minimum absolute atomic E-state index is 0.00185. The van der Waals surface area contributed by atoms with Crippen LogP contribution in [-0.2, 0) is 13.0 Å². The summed E-state index contributed by atoms with van der Waals surface area (Å²) in [7, 11) is 0. The molecule has 1 aliphatic rings. The number of aromatic amines is 1. The van der Waals surface area contributed by atoms with Gasteiger partial charge in [-0.15, -0.1) is 11.3 Å². The van der Waals surface area contributed by atoms with E-state index in [2.05, 4.69) is 30.7 Å². The van der Waals surface area contributed by atoms with Crippen molar-refractivity contribution in [2.75, 3.05) is 31.1 Å². The number of aromatic nitrogens is 2. The Morgan fingerprint density at radius 1 is 1.27 bits per heavy atom. The van der Waals surface area contributed by atoms with Crippen LogP contribution in [0.25, 0.3) is 10.2 Å². The van der Waals surface area contributed by atoms with E-state index in [0.717, 1.165) is 67.3 Å². The quantitative estimate of drug-likeness (QED) is 0.634. The molecule has 0 radical (unpaired) electrons. The van der Waals surface area contributed by atoms with Gasteiger partial charge < -0.3 is 14.8 Å². The number of thiophene rings is 1. The molecule has 1 aliphatic heterocycles. The predicted molar refractivity (Wildman–Crippen MR) is 121 cm³/mol. The van der Waals surface area contributed by atoms with E-state index in [4.69, 9.17) is 4.98 Å². The highest BCUT2D eigenvalue weighted by molar-refractivity contribution is 7.18. The number of benzene rings is 1. The summed E-state index contributed by atoms with van der Waals surface area (Å²) in [6, 6.07) is 6.70. The van der Waals surface area contributed by atoms with Crippen molar-refractivity contribution in [1.29, 1.82) is 0 Å². The number of anilines is 1. The van der Waals surface area contributed by atoms with Crippen molar-refractivity contribution in [3.8, 4) is 0 Å². The highest BCUT2D eigenvalue weighted by Crippen LogP contribution is 2.29. The van der Waals surface area contributed by atoms with Gasteiger partial charge in [0.2, 0.25) is 0 Å². The third kappa shape index (κ3) is 4.42. The Morgan fingerprint density at radius 2 is 1.97 bits per heavy atom. The molecule has 2 N–H and O–H groups in total. The molecule has 1 fully saturated rings. The summed E-state index contributed by atoms with van der Waals surface area (Å²) in [5.41, 5.74) is 2.23. The number of hydrogen-bond acceptors (Lipinski definition) is 4. The summed E-state index contributed by atoms with van der Waals surface area (Å²) in [5, 5.41) is 0.790. The summed E-state index contributed by atoms with van der Waals surface area (Å²) in [5.74, 6) is 1.13. The molecule has 3 aromatic rings. The Kier molecular flexibility index (Phi) is 6.20. The number of fused-ring (bicyclic) bond motifs is 1. The second-order valence-electron chi connectivity index (χ2n) is 8.44. The van der Waals surface area contributed by atoms with Gasteiger partial charge >= 0.3 is 0 Å². The first kappa shape index (κ1) is 21.0. The molecule has 5 nitrogen and oxygen atoms in total. The highest BCUT2D eigenvalue weighted by atomic mass is 32.1. The molecule has 2 aromatic heterocycles. The third-order valence-electron chi connectivity index (χ3n) is 6.24. The zero-order valence-electron chi connectivity index (χ0n) is 17.9. The van der Waals surface area contributed by atoms with Crippen molar-refractivity contribution in [2.24, 2.45) is 5.92 Å². The number of hydrogen-bond donors (Lipinski definition) is 2. The Morgan fingerprint density at radius 3 is 2.63 bits per heavy atom. The van der Waals surface area contributed by atoms with Gasteiger partial charge in [-0.2, -0.15) is 0 Å². The molecule has 7 heteroatoms.